The highest BCUT2D eigenvalue weighted by molar-refractivity contribution is 8.00. The second kappa shape index (κ2) is 5.49. The van der Waals surface area contributed by atoms with Crippen molar-refractivity contribution in [1.29, 1.82) is 5.26 Å². The van der Waals surface area contributed by atoms with Crippen LogP contribution >= 0.6 is 11.8 Å². The fraction of sp³-hybridized carbons (Fsp3) is 0.538. The first kappa shape index (κ1) is 13.0. The molecule has 1 fully saturated rings. The van der Waals surface area contributed by atoms with Gasteiger partial charge >= 0.3 is 0 Å². The monoisotopic (exact) mass is 262 g/mol. The van der Waals surface area contributed by atoms with Crippen LogP contribution in [-0.4, -0.2) is 22.5 Å². The molecule has 1 aromatic heterocycles. The van der Waals surface area contributed by atoms with E-state index in [0.717, 1.165) is 6.54 Å². The molecule has 0 radical (unpaired) electrons. The first-order valence-electron chi connectivity index (χ1n) is 6.14. The van der Waals surface area contributed by atoms with Crippen molar-refractivity contribution in [3.63, 3.8) is 0 Å². The zero-order chi connectivity index (χ0) is 13.0. The van der Waals surface area contributed by atoms with Gasteiger partial charge in [-0.3, -0.25) is 0 Å². The number of hydrogen-bond donors (Lipinski definition) is 2. The number of pyridine rings is 1. The molecule has 0 aliphatic heterocycles. The topological polar surface area (TPSA) is 74.7 Å². The van der Waals surface area contributed by atoms with Crippen LogP contribution in [0.4, 0.5) is 11.5 Å². The van der Waals surface area contributed by atoms with Crippen molar-refractivity contribution in [2.75, 3.05) is 23.9 Å². The van der Waals surface area contributed by atoms with Gasteiger partial charge in [0.25, 0.3) is 0 Å². The molecule has 1 heterocycles. The maximum absolute atomic E-state index is 8.77. The first-order valence-corrected chi connectivity index (χ1v) is 7.36. The minimum absolute atomic E-state index is 0.321. The molecule has 0 amide bonds. The molecular formula is C13H18N4S. The number of nitrogens with one attached hydrogen (secondary N) is 1. The summed E-state index contributed by atoms with van der Waals surface area (Å²) in [6.07, 6.45) is 8.83. The van der Waals surface area contributed by atoms with Gasteiger partial charge in [0, 0.05) is 17.5 Å². The standard InChI is InChI=1S/C13H18N4S/c1-18-13(4-2-3-5-13)9-17-12-11(15)6-10(7-14)8-16-12/h6,8H,2-5,9,15H2,1H3,(H,16,17). The van der Waals surface area contributed by atoms with Crippen LogP contribution in [0.5, 0.6) is 0 Å². The fourth-order valence-electron chi connectivity index (χ4n) is 2.41. The minimum Gasteiger partial charge on any atom is -0.396 e. The number of nitrogens with zero attached hydrogens (tertiary/aromatic N) is 2. The quantitative estimate of drug-likeness (QED) is 0.872. The molecule has 3 N–H and O–H groups in total. The molecule has 18 heavy (non-hydrogen) atoms. The maximum Gasteiger partial charge on any atom is 0.149 e. The van der Waals surface area contributed by atoms with Crippen molar-refractivity contribution in [2.45, 2.75) is 30.4 Å². The normalized spacial score (nSPS) is 17.3. The predicted octanol–water partition coefficient (Wildman–Crippen LogP) is 2.62. The molecule has 0 atom stereocenters. The lowest BCUT2D eigenvalue weighted by Crippen LogP contribution is -2.30. The Balaban J connectivity index is 2.04. The number of nitrogens with two attached hydrogens (primary N) is 1. The van der Waals surface area contributed by atoms with Gasteiger partial charge in [-0.25, -0.2) is 4.98 Å². The molecule has 1 aliphatic rings. The van der Waals surface area contributed by atoms with Gasteiger partial charge in [-0.05, 0) is 25.2 Å². The predicted molar refractivity (Wildman–Crippen MR) is 76.6 cm³/mol. The summed E-state index contributed by atoms with van der Waals surface area (Å²) >= 11 is 1.93. The number of aromatic nitrogens is 1. The van der Waals surface area contributed by atoms with E-state index in [0.29, 0.717) is 21.8 Å². The van der Waals surface area contributed by atoms with Gasteiger partial charge in [-0.1, -0.05) is 12.8 Å². The Hall–Kier alpha value is -1.41. The molecule has 0 spiro atoms. The Morgan fingerprint density at radius 1 is 1.56 bits per heavy atom. The average Bonchev–Trinajstić information content (AvgIpc) is 2.86. The molecule has 0 aromatic carbocycles. The molecule has 0 bridgehead atoms. The van der Waals surface area contributed by atoms with Crippen molar-refractivity contribution in [3.05, 3.63) is 17.8 Å². The van der Waals surface area contributed by atoms with Crippen LogP contribution in [0.25, 0.3) is 0 Å². The molecule has 0 unspecified atom stereocenters. The van der Waals surface area contributed by atoms with Crippen molar-refractivity contribution in [3.8, 4) is 6.07 Å². The van der Waals surface area contributed by atoms with Crippen molar-refractivity contribution < 1.29 is 0 Å². The number of hydrogen-bond acceptors (Lipinski definition) is 5. The van der Waals surface area contributed by atoms with Crippen molar-refractivity contribution in [2.24, 2.45) is 0 Å². The van der Waals surface area contributed by atoms with Gasteiger partial charge in [0.15, 0.2) is 0 Å². The van der Waals surface area contributed by atoms with E-state index in [2.05, 4.69) is 16.6 Å². The van der Waals surface area contributed by atoms with E-state index in [1.807, 2.05) is 17.8 Å². The Labute approximate surface area is 112 Å². The summed E-state index contributed by atoms with van der Waals surface area (Å²) in [5, 5.41) is 12.1. The van der Waals surface area contributed by atoms with Gasteiger partial charge in [0.1, 0.15) is 11.9 Å². The Morgan fingerprint density at radius 3 is 2.83 bits per heavy atom. The summed E-state index contributed by atoms with van der Waals surface area (Å²) in [4.78, 5) is 4.21. The molecule has 0 saturated heterocycles. The molecule has 2 rings (SSSR count). The number of thioether (sulfide) groups is 1. The Kier molecular flexibility index (Phi) is 3.97. The third kappa shape index (κ3) is 2.70. The van der Waals surface area contributed by atoms with Crippen LogP contribution in [0.15, 0.2) is 12.3 Å². The zero-order valence-corrected chi connectivity index (χ0v) is 11.4. The van der Waals surface area contributed by atoms with Gasteiger partial charge in [0.05, 0.1) is 11.3 Å². The zero-order valence-electron chi connectivity index (χ0n) is 10.6. The van der Waals surface area contributed by atoms with E-state index in [9.17, 15) is 0 Å². The molecule has 5 heteroatoms. The Bertz CT molecular complexity index is 461. The lowest BCUT2D eigenvalue weighted by atomic mass is 10.1. The largest absolute Gasteiger partial charge is 0.396 e. The van der Waals surface area contributed by atoms with Gasteiger partial charge < -0.3 is 11.1 Å². The van der Waals surface area contributed by atoms with Crippen LogP contribution in [0.2, 0.25) is 0 Å². The summed E-state index contributed by atoms with van der Waals surface area (Å²) in [7, 11) is 0. The number of nitriles is 1. The summed E-state index contributed by atoms with van der Waals surface area (Å²) in [5.41, 5.74) is 6.93. The van der Waals surface area contributed by atoms with Crippen LogP contribution in [-0.2, 0) is 0 Å². The van der Waals surface area contributed by atoms with E-state index < -0.39 is 0 Å². The summed E-state index contributed by atoms with van der Waals surface area (Å²) < 4.78 is 0.321. The van der Waals surface area contributed by atoms with Crippen molar-refractivity contribution in [1.82, 2.24) is 4.98 Å². The van der Waals surface area contributed by atoms with Crippen LogP contribution in [0.1, 0.15) is 31.2 Å². The van der Waals surface area contributed by atoms with Crippen molar-refractivity contribution >= 4 is 23.3 Å². The minimum atomic E-state index is 0.321. The summed E-state index contributed by atoms with van der Waals surface area (Å²) in [6, 6.07) is 3.70. The third-order valence-electron chi connectivity index (χ3n) is 3.57. The second-order valence-electron chi connectivity index (χ2n) is 4.72. The summed E-state index contributed by atoms with van der Waals surface area (Å²) in [5.74, 6) is 0.689. The third-order valence-corrected chi connectivity index (χ3v) is 4.99. The highest BCUT2D eigenvalue weighted by Gasteiger charge is 2.32. The molecule has 1 aliphatic carbocycles. The number of rotatable bonds is 4. The molecular weight excluding hydrogens is 244 g/mol. The highest BCUT2D eigenvalue weighted by Crippen LogP contribution is 2.40. The maximum atomic E-state index is 8.77. The van der Waals surface area contributed by atoms with Gasteiger partial charge in [-0.15, -0.1) is 0 Å². The number of nitrogen functional groups attached to an aromatic ring is 1. The van der Waals surface area contributed by atoms with E-state index >= 15 is 0 Å². The number of anilines is 2. The second-order valence-corrected chi connectivity index (χ2v) is 6.00. The lowest BCUT2D eigenvalue weighted by Gasteiger charge is -2.27. The lowest BCUT2D eigenvalue weighted by molar-refractivity contribution is 0.639. The van der Waals surface area contributed by atoms with Crippen LogP contribution in [0.3, 0.4) is 0 Å². The fourth-order valence-corrected chi connectivity index (χ4v) is 3.32. The van der Waals surface area contributed by atoms with Gasteiger partial charge in [-0.2, -0.15) is 17.0 Å². The SMILES string of the molecule is CSC1(CNc2ncc(C#N)cc2N)CCCC1. The van der Waals surface area contributed by atoms with E-state index in [4.69, 9.17) is 11.0 Å². The Morgan fingerprint density at radius 2 is 2.28 bits per heavy atom. The molecule has 4 nitrogen and oxygen atoms in total. The van der Waals surface area contributed by atoms with E-state index in [-0.39, 0.29) is 0 Å². The van der Waals surface area contributed by atoms with E-state index in [1.54, 1.807) is 12.3 Å². The van der Waals surface area contributed by atoms with Crippen LogP contribution in [0, 0.1) is 11.3 Å². The highest BCUT2D eigenvalue weighted by atomic mass is 32.2. The van der Waals surface area contributed by atoms with E-state index in [1.165, 1.54) is 25.7 Å². The summed E-state index contributed by atoms with van der Waals surface area (Å²) in [6.45, 7) is 0.886. The molecule has 1 saturated carbocycles. The van der Waals surface area contributed by atoms with Gasteiger partial charge in [0.2, 0.25) is 0 Å². The average molecular weight is 262 g/mol. The first-order chi connectivity index (χ1) is 8.69. The molecule has 96 valence electrons. The molecule has 1 aromatic rings. The van der Waals surface area contributed by atoms with Crippen LogP contribution < -0.4 is 11.1 Å². The smallest absolute Gasteiger partial charge is 0.149 e.